The molecule has 2 aromatic rings. The van der Waals surface area contributed by atoms with Crippen molar-refractivity contribution in [2.75, 3.05) is 26.0 Å². The van der Waals surface area contributed by atoms with Crippen LogP contribution in [0.5, 0.6) is 0 Å². The second-order valence-corrected chi connectivity index (χ2v) is 9.03. The molecular formula is C22H32N6O7. The van der Waals surface area contributed by atoms with Gasteiger partial charge in [0.1, 0.15) is 23.5 Å². The highest BCUT2D eigenvalue weighted by molar-refractivity contribution is 5.83. The fourth-order valence-electron chi connectivity index (χ4n) is 4.75. The number of nitrogens with zero attached hydrogens (tertiary/aromatic N) is 4. The lowest BCUT2D eigenvalue weighted by molar-refractivity contribution is -0.137. The second-order valence-electron chi connectivity index (χ2n) is 9.03. The lowest BCUT2D eigenvalue weighted by Crippen LogP contribution is -2.42. The van der Waals surface area contributed by atoms with Crippen molar-refractivity contribution in [3.63, 3.8) is 0 Å². The largest absolute Gasteiger partial charge is 0.507 e. The fraction of sp³-hybridized carbons (Fsp3) is 0.682. The molecule has 2 aliphatic rings. The van der Waals surface area contributed by atoms with Crippen LogP contribution in [0.2, 0.25) is 0 Å². The first-order valence-corrected chi connectivity index (χ1v) is 11.8. The Kier molecular flexibility index (Phi) is 7.67. The summed E-state index contributed by atoms with van der Waals surface area (Å²) in [6.45, 7) is 2.47. The highest BCUT2D eigenvalue weighted by Crippen LogP contribution is 2.34. The number of methoxy groups -OCH3 is 1. The maximum Gasteiger partial charge on any atom is 0.507 e. The number of carbonyl (C=O) groups is 2. The number of anilines is 1. The highest BCUT2D eigenvalue weighted by Gasteiger charge is 2.47. The van der Waals surface area contributed by atoms with Gasteiger partial charge in [-0.15, -0.1) is 0 Å². The molecule has 35 heavy (non-hydrogen) atoms. The van der Waals surface area contributed by atoms with Gasteiger partial charge in [0.05, 0.1) is 20.0 Å². The third-order valence-electron chi connectivity index (χ3n) is 6.66. The van der Waals surface area contributed by atoms with Crippen LogP contribution < -0.4 is 11.1 Å². The molecule has 0 radical (unpaired) electrons. The van der Waals surface area contributed by atoms with Gasteiger partial charge in [-0.25, -0.2) is 19.7 Å². The number of nitrogens with two attached hydrogens (primary N) is 1. The third kappa shape index (κ3) is 5.31. The Labute approximate surface area is 202 Å². The summed E-state index contributed by atoms with van der Waals surface area (Å²) in [6, 6.07) is 0. The molecule has 5 N–H and O–H groups in total. The van der Waals surface area contributed by atoms with Crippen LogP contribution >= 0.6 is 0 Å². The van der Waals surface area contributed by atoms with Crippen molar-refractivity contribution >= 4 is 29.0 Å². The van der Waals surface area contributed by atoms with E-state index < -0.39 is 36.6 Å². The Balaban J connectivity index is 1.46. The van der Waals surface area contributed by atoms with Crippen molar-refractivity contribution in [3.8, 4) is 0 Å². The molecule has 192 valence electrons. The average molecular weight is 493 g/mol. The summed E-state index contributed by atoms with van der Waals surface area (Å²) in [5.41, 5.74) is 6.86. The van der Waals surface area contributed by atoms with E-state index in [-0.39, 0.29) is 5.82 Å². The van der Waals surface area contributed by atoms with Gasteiger partial charge >= 0.3 is 6.16 Å². The predicted octanol–water partition coefficient (Wildman–Crippen LogP) is 0.296. The summed E-state index contributed by atoms with van der Waals surface area (Å²) >= 11 is 0. The lowest BCUT2D eigenvalue weighted by Gasteiger charge is -2.27. The Morgan fingerprint density at radius 2 is 1.91 bits per heavy atom. The summed E-state index contributed by atoms with van der Waals surface area (Å²) in [6.07, 6.45) is 0.00346. The van der Waals surface area contributed by atoms with Crippen molar-refractivity contribution in [2.45, 2.75) is 63.6 Å². The maximum absolute atomic E-state index is 12.2. The molecule has 4 rings (SSSR count). The molecule has 1 amide bonds. The van der Waals surface area contributed by atoms with E-state index in [1.54, 1.807) is 6.92 Å². The van der Waals surface area contributed by atoms with Gasteiger partial charge in [-0.2, -0.15) is 0 Å². The van der Waals surface area contributed by atoms with Crippen molar-refractivity contribution in [3.05, 3.63) is 12.2 Å². The van der Waals surface area contributed by atoms with Crippen molar-refractivity contribution in [1.29, 1.82) is 0 Å². The number of carbonyl (C=O) groups excluding carboxylic acids is 2. The molecule has 1 saturated carbocycles. The SMILES string of the molecule is CCNC(=O)[C@H]1O[C@@H](n2cnc3c(N)nc(C[C@H]4CC[C@H](COC(=O)OC)CC4)nc32)C(O)[C@H]1O. The molecule has 1 aliphatic carbocycles. The van der Waals surface area contributed by atoms with E-state index in [9.17, 15) is 19.8 Å². The van der Waals surface area contributed by atoms with E-state index in [1.165, 1.54) is 18.0 Å². The minimum absolute atomic E-state index is 0.206. The molecule has 0 bridgehead atoms. The first kappa shape index (κ1) is 25.1. The number of hydrogen-bond acceptors (Lipinski definition) is 11. The average Bonchev–Trinajstić information content (AvgIpc) is 3.39. The molecule has 13 nitrogen and oxygen atoms in total. The number of fused-ring (bicyclic) bond motifs is 1. The number of nitrogen functional groups attached to an aromatic ring is 1. The Morgan fingerprint density at radius 1 is 1.20 bits per heavy atom. The zero-order chi connectivity index (χ0) is 25.1. The molecule has 4 atom stereocenters. The summed E-state index contributed by atoms with van der Waals surface area (Å²) in [4.78, 5) is 36.7. The van der Waals surface area contributed by atoms with E-state index in [1.807, 2.05) is 0 Å². The summed E-state index contributed by atoms with van der Waals surface area (Å²) in [7, 11) is 1.29. The van der Waals surface area contributed by atoms with Gasteiger partial charge in [0, 0.05) is 13.0 Å². The molecule has 1 unspecified atom stereocenters. The summed E-state index contributed by atoms with van der Waals surface area (Å²) in [5, 5.41) is 23.5. The van der Waals surface area contributed by atoms with E-state index in [2.05, 4.69) is 25.0 Å². The van der Waals surface area contributed by atoms with Gasteiger partial charge in [0.2, 0.25) is 0 Å². The molecule has 2 fully saturated rings. The topological polar surface area (TPSA) is 184 Å². The molecule has 13 heteroatoms. The van der Waals surface area contributed by atoms with Crippen molar-refractivity contribution in [1.82, 2.24) is 24.8 Å². The number of rotatable bonds is 7. The third-order valence-corrected chi connectivity index (χ3v) is 6.66. The fourth-order valence-corrected chi connectivity index (χ4v) is 4.75. The van der Waals surface area contributed by atoms with Crippen LogP contribution in [-0.4, -0.2) is 80.4 Å². The number of hydrogen-bond donors (Lipinski definition) is 4. The summed E-state index contributed by atoms with van der Waals surface area (Å²) < 4.78 is 16.8. The zero-order valence-electron chi connectivity index (χ0n) is 19.8. The number of imidazole rings is 1. The highest BCUT2D eigenvalue weighted by atomic mass is 16.7. The minimum atomic E-state index is -1.40. The number of likely N-dealkylation sites (N-methyl/N-ethyl adjacent to an activating group) is 1. The standard InChI is InChI=1S/C22H32N6O7/c1-3-24-20(31)17-15(29)16(30)21(35-17)28-10-25-14-18(23)26-13(27-19(14)28)8-11-4-6-12(7-5-11)9-34-22(32)33-2/h10-12,15-17,21,29-30H,3-9H2,1-2H3,(H,24,31)(H2,23,26,27)/t11-,12-,15-,16?,17+,21-/m1/s1. The van der Waals surface area contributed by atoms with Gasteiger partial charge in [-0.3, -0.25) is 9.36 Å². The summed E-state index contributed by atoms with van der Waals surface area (Å²) in [5.74, 6) is 0.880. The van der Waals surface area contributed by atoms with Crippen molar-refractivity contribution < 1.29 is 34.0 Å². The van der Waals surface area contributed by atoms with Crippen molar-refractivity contribution in [2.24, 2.45) is 11.8 Å². The Morgan fingerprint density at radius 3 is 2.60 bits per heavy atom. The second kappa shape index (κ2) is 10.7. The Bertz CT molecular complexity index is 1050. The van der Waals surface area contributed by atoms with Crippen LogP contribution in [0.15, 0.2) is 6.33 Å². The van der Waals surface area contributed by atoms with Gasteiger partial charge in [0.25, 0.3) is 5.91 Å². The minimum Gasteiger partial charge on any atom is -0.438 e. The van der Waals surface area contributed by atoms with Crippen LogP contribution in [0.4, 0.5) is 10.6 Å². The molecule has 3 heterocycles. The lowest BCUT2D eigenvalue weighted by atomic mass is 9.81. The number of aliphatic hydroxyl groups is 2. The van der Waals surface area contributed by atoms with E-state index >= 15 is 0 Å². The molecule has 1 aliphatic heterocycles. The van der Waals surface area contributed by atoms with E-state index in [0.717, 1.165) is 25.7 Å². The molecule has 1 saturated heterocycles. The van der Waals surface area contributed by atoms with Crippen LogP contribution in [0.1, 0.15) is 44.7 Å². The van der Waals surface area contributed by atoms with Crippen LogP contribution in [0.25, 0.3) is 11.2 Å². The van der Waals surface area contributed by atoms with Gasteiger partial charge < -0.3 is 35.5 Å². The molecule has 2 aromatic heterocycles. The first-order chi connectivity index (χ1) is 16.8. The smallest absolute Gasteiger partial charge is 0.438 e. The quantitative estimate of drug-likeness (QED) is 0.390. The van der Waals surface area contributed by atoms with Gasteiger partial charge in [-0.05, 0) is 44.4 Å². The number of ether oxygens (including phenoxy) is 3. The normalized spacial score (nSPS) is 28.7. The number of aliphatic hydroxyl groups excluding tert-OH is 2. The maximum atomic E-state index is 12.2. The van der Waals surface area contributed by atoms with Gasteiger partial charge in [-0.1, -0.05) is 0 Å². The molecular weight excluding hydrogens is 460 g/mol. The number of amides is 1. The molecule has 0 aromatic carbocycles. The van der Waals surface area contributed by atoms with Crippen LogP contribution in [0.3, 0.4) is 0 Å². The number of nitrogens with one attached hydrogen (secondary N) is 1. The molecule has 0 spiro atoms. The van der Waals surface area contributed by atoms with E-state index in [4.69, 9.17) is 15.2 Å². The predicted molar refractivity (Wildman–Crippen MR) is 122 cm³/mol. The van der Waals surface area contributed by atoms with Gasteiger partial charge in [0.15, 0.2) is 23.8 Å². The zero-order valence-corrected chi connectivity index (χ0v) is 19.8. The first-order valence-electron chi connectivity index (χ1n) is 11.8. The van der Waals surface area contributed by atoms with Crippen LogP contribution in [-0.2, 0) is 25.4 Å². The van der Waals surface area contributed by atoms with E-state index in [0.29, 0.717) is 48.4 Å². The monoisotopic (exact) mass is 492 g/mol. The van der Waals surface area contributed by atoms with Crippen LogP contribution in [0, 0.1) is 11.8 Å². The number of aromatic nitrogens is 4. The Hall–Kier alpha value is -3.03.